The fourth-order valence-corrected chi connectivity index (χ4v) is 6.23. The van der Waals surface area contributed by atoms with Gasteiger partial charge >= 0.3 is 0 Å². The number of likely N-dealkylation sites (N-methyl/N-ethyl adjacent to an activating group) is 1. The standard InChI is InChI=1S/C30H33N3O6S/c1-21-18-33(22(2)20-34)40(36,37)29-14-13-24(12-11-23-8-7-9-25(16-23)38-4)17-27(29)39-28(21)19-32(3)30(35)26-10-5-6-15-31-26/h5-10,13-17,21-22,28,34H,18-20H2,1-4H3/t21-,22+,28-/m1/s1. The van der Waals surface area contributed by atoms with Crippen LogP contribution in [0.4, 0.5) is 0 Å². The van der Waals surface area contributed by atoms with Gasteiger partial charge in [-0.15, -0.1) is 0 Å². The lowest BCUT2D eigenvalue weighted by Crippen LogP contribution is -2.50. The second kappa shape index (κ2) is 12.5. The first kappa shape index (κ1) is 29.1. The molecule has 1 aliphatic heterocycles. The fourth-order valence-electron chi connectivity index (χ4n) is 4.40. The zero-order valence-electron chi connectivity index (χ0n) is 22.9. The third-order valence-corrected chi connectivity index (χ3v) is 8.79. The first-order valence-corrected chi connectivity index (χ1v) is 14.3. The Labute approximate surface area is 235 Å². The van der Waals surface area contributed by atoms with Crippen LogP contribution in [0.25, 0.3) is 0 Å². The van der Waals surface area contributed by atoms with E-state index in [2.05, 4.69) is 16.8 Å². The van der Waals surface area contributed by atoms with Gasteiger partial charge in [0.2, 0.25) is 10.0 Å². The van der Waals surface area contributed by atoms with Crippen molar-refractivity contribution in [3.63, 3.8) is 0 Å². The third-order valence-electron chi connectivity index (χ3n) is 6.77. The van der Waals surface area contributed by atoms with Gasteiger partial charge in [-0.3, -0.25) is 9.78 Å². The molecule has 9 nitrogen and oxygen atoms in total. The van der Waals surface area contributed by atoms with Crippen LogP contribution in [0.15, 0.2) is 71.8 Å². The number of methoxy groups -OCH3 is 1. The summed E-state index contributed by atoms with van der Waals surface area (Å²) in [5.74, 6) is 6.38. The summed E-state index contributed by atoms with van der Waals surface area (Å²) < 4.78 is 40.4. The minimum absolute atomic E-state index is 0.0182. The van der Waals surface area contributed by atoms with Gasteiger partial charge in [0.25, 0.3) is 5.91 Å². The largest absolute Gasteiger partial charge is 0.497 e. The summed E-state index contributed by atoms with van der Waals surface area (Å²) in [5.41, 5.74) is 1.60. The molecule has 0 radical (unpaired) electrons. The molecule has 1 N–H and O–H groups in total. The minimum Gasteiger partial charge on any atom is -0.497 e. The van der Waals surface area contributed by atoms with Gasteiger partial charge < -0.3 is 19.5 Å². The molecule has 3 aromatic rings. The van der Waals surface area contributed by atoms with Crippen LogP contribution in [0.1, 0.15) is 35.5 Å². The van der Waals surface area contributed by atoms with Crippen LogP contribution in [0.2, 0.25) is 0 Å². The molecule has 0 saturated carbocycles. The van der Waals surface area contributed by atoms with Crippen molar-refractivity contribution in [2.75, 3.05) is 33.9 Å². The molecule has 2 heterocycles. The fraction of sp³-hybridized carbons (Fsp3) is 0.333. The van der Waals surface area contributed by atoms with Crippen LogP contribution in [0.3, 0.4) is 0 Å². The lowest BCUT2D eigenvalue weighted by Gasteiger charge is -2.37. The summed E-state index contributed by atoms with van der Waals surface area (Å²) in [6.45, 7) is 3.49. The number of fused-ring (bicyclic) bond motifs is 1. The minimum atomic E-state index is -4.00. The number of hydrogen-bond acceptors (Lipinski definition) is 7. The van der Waals surface area contributed by atoms with Gasteiger partial charge in [0.1, 0.15) is 28.2 Å². The molecule has 1 amide bonds. The lowest BCUT2D eigenvalue weighted by atomic mass is 10.0. The molecule has 0 spiro atoms. The summed E-state index contributed by atoms with van der Waals surface area (Å²) in [6.07, 6.45) is 1.00. The smallest absolute Gasteiger partial charge is 0.272 e. The zero-order valence-corrected chi connectivity index (χ0v) is 23.8. The Balaban J connectivity index is 1.72. The average molecular weight is 564 g/mol. The highest BCUT2D eigenvalue weighted by atomic mass is 32.2. The molecular formula is C30H33N3O6S. The van der Waals surface area contributed by atoms with Crippen molar-refractivity contribution in [3.05, 3.63) is 83.7 Å². The normalized spacial score (nSPS) is 19.0. The molecule has 40 heavy (non-hydrogen) atoms. The van der Waals surface area contributed by atoms with Crippen molar-refractivity contribution in [2.24, 2.45) is 5.92 Å². The topological polar surface area (TPSA) is 109 Å². The lowest BCUT2D eigenvalue weighted by molar-refractivity contribution is 0.0559. The van der Waals surface area contributed by atoms with Crippen molar-refractivity contribution >= 4 is 15.9 Å². The van der Waals surface area contributed by atoms with E-state index in [0.717, 1.165) is 5.56 Å². The Kier molecular flexibility index (Phi) is 9.10. The molecule has 2 aromatic carbocycles. The molecule has 0 saturated heterocycles. The number of pyridine rings is 1. The molecule has 0 aliphatic carbocycles. The number of aliphatic hydroxyl groups is 1. The Hall–Kier alpha value is -3.91. The predicted molar refractivity (Wildman–Crippen MR) is 151 cm³/mol. The number of rotatable bonds is 6. The highest BCUT2D eigenvalue weighted by molar-refractivity contribution is 7.89. The number of aromatic nitrogens is 1. The molecule has 0 bridgehead atoms. The van der Waals surface area contributed by atoms with E-state index in [1.54, 1.807) is 57.6 Å². The zero-order chi connectivity index (χ0) is 28.9. The molecule has 1 aliphatic rings. The second-order valence-corrected chi connectivity index (χ2v) is 11.6. The van der Waals surface area contributed by atoms with Gasteiger partial charge in [-0.2, -0.15) is 4.31 Å². The monoisotopic (exact) mass is 563 g/mol. The maximum atomic E-state index is 13.7. The highest BCUT2D eigenvalue weighted by Crippen LogP contribution is 2.34. The Morgan fingerprint density at radius 3 is 2.60 bits per heavy atom. The number of carbonyl (C=O) groups is 1. The first-order valence-electron chi connectivity index (χ1n) is 12.9. The second-order valence-electron chi connectivity index (χ2n) is 9.78. The maximum Gasteiger partial charge on any atom is 0.272 e. The van der Waals surface area contributed by atoms with Gasteiger partial charge in [-0.25, -0.2) is 8.42 Å². The van der Waals surface area contributed by atoms with E-state index < -0.39 is 22.2 Å². The van der Waals surface area contributed by atoms with Crippen LogP contribution in [-0.2, 0) is 10.0 Å². The molecule has 4 rings (SSSR count). The van der Waals surface area contributed by atoms with Gasteiger partial charge in [-0.05, 0) is 55.5 Å². The summed E-state index contributed by atoms with van der Waals surface area (Å²) in [5, 5.41) is 9.86. The number of ether oxygens (including phenoxy) is 2. The van der Waals surface area contributed by atoms with Crippen molar-refractivity contribution in [3.8, 4) is 23.3 Å². The van der Waals surface area contributed by atoms with Crippen LogP contribution in [0, 0.1) is 17.8 Å². The number of benzene rings is 2. The van der Waals surface area contributed by atoms with Crippen molar-refractivity contribution < 1.29 is 27.8 Å². The van der Waals surface area contributed by atoms with Crippen LogP contribution >= 0.6 is 0 Å². The van der Waals surface area contributed by atoms with E-state index in [1.807, 2.05) is 31.2 Å². The van der Waals surface area contributed by atoms with Crippen LogP contribution in [-0.4, -0.2) is 79.6 Å². The SMILES string of the molecule is COc1cccc(C#Cc2ccc3c(c2)O[C@H](CN(C)C(=O)c2ccccn2)[C@H](C)CN([C@@H](C)CO)S3(=O)=O)c1. The molecule has 1 aromatic heterocycles. The summed E-state index contributed by atoms with van der Waals surface area (Å²) in [4.78, 5) is 18.7. The summed E-state index contributed by atoms with van der Waals surface area (Å²) in [7, 11) is -0.755. The number of aliphatic hydroxyl groups excluding tert-OH is 1. The third kappa shape index (κ3) is 6.45. The number of nitrogens with zero attached hydrogens (tertiary/aromatic N) is 3. The number of sulfonamides is 1. The number of amides is 1. The van der Waals surface area contributed by atoms with E-state index in [1.165, 1.54) is 15.3 Å². The predicted octanol–water partition coefficient (Wildman–Crippen LogP) is 3.03. The van der Waals surface area contributed by atoms with Gasteiger partial charge in [0, 0.05) is 42.9 Å². The molecule has 210 valence electrons. The quantitative estimate of drug-likeness (QED) is 0.459. The van der Waals surface area contributed by atoms with E-state index in [0.29, 0.717) is 17.0 Å². The van der Waals surface area contributed by atoms with Crippen molar-refractivity contribution in [1.82, 2.24) is 14.2 Å². The van der Waals surface area contributed by atoms with Crippen molar-refractivity contribution in [1.29, 1.82) is 0 Å². The Morgan fingerprint density at radius 1 is 1.18 bits per heavy atom. The van der Waals surface area contributed by atoms with Crippen LogP contribution < -0.4 is 9.47 Å². The molecule has 10 heteroatoms. The van der Waals surface area contributed by atoms with E-state index in [-0.39, 0.29) is 42.2 Å². The Bertz CT molecular complexity index is 1520. The molecule has 3 atom stereocenters. The Morgan fingerprint density at radius 2 is 1.93 bits per heavy atom. The van der Waals surface area contributed by atoms with Gasteiger partial charge in [0.05, 0.1) is 20.3 Å². The molecule has 0 unspecified atom stereocenters. The summed E-state index contributed by atoms with van der Waals surface area (Å²) >= 11 is 0. The number of carbonyl (C=O) groups excluding carboxylic acids is 1. The van der Waals surface area contributed by atoms with E-state index >= 15 is 0 Å². The van der Waals surface area contributed by atoms with E-state index in [4.69, 9.17) is 9.47 Å². The first-order chi connectivity index (χ1) is 19.1. The average Bonchev–Trinajstić information content (AvgIpc) is 2.97. The van der Waals surface area contributed by atoms with Gasteiger partial charge in [-0.1, -0.05) is 30.9 Å². The maximum absolute atomic E-state index is 13.7. The van der Waals surface area contributed by atoms with Crippen molar-refractivity contribution in [2.45, 2.75) is 30.9 Å². The molecular weight excluding hydrogens is 530 g/mol. The number of hydrogen-bond donors (Lipinski definition) is 1. The van der Waals surface area contributed by atoms with E-state index in [9.17, 15) is 18.3 Å². The highest BCUT2D eigenvalue weighted by Gasteiger charge is 2.38. The van der Waals surface area contributed by atoms with Gasteiger partial charge in [0.15, 0.2) is 0 Å². The summed E-state index contributed by atoms with van der Waals surface area (Å²) in [6, 6.07) is 16.5. The molecule has 0 fully saturated rings. The van der Waals surface area contributed by atoms with Crippen LogP contribution in [0.5, 0.6) is 11.5 Å².